The van der Waals surface area contributed by atoms with Gasteiger partial charge < -0.3 is 0 Å². The SMILES string of the molecule is C=Bc1nccc2ccccc12. The third-order valence-corrected chi connectivity index (χ3v) is 1.90. The monoisotopic (exact) mass is 153 g/mol. The predicted molar refractivity (Wildman–Crippen MR) is 54.3 cm³/mol. The van der Waals surface area contributed by atoms with E-state index >= 15 is 0 Å². The van der Waals surface area contributed by atoms with Crippen molar-refractivity contribution in [2.75, 3.05) is 0 Å². The number of fused-ring (bicyclic) bond motifs is 1. The molecule has 2 heteroatoms. The summed E-state index contributed by atoms with van der Waals surface area (Å²) in [5, 5.41) is 2.37. The van der Waals surface area contributed by atoms with Crippen LogP contribution in [0, 0.1) is 0 Å². The summed E-state index contributed by atoms with van der Waals surface area (Å²) in [6.07, 6.45) is 1.80. The zero-order valence-electron chi connectivity index (χ0n) is 6.70. The zero-order chi connectivity index (χ0) is 8.39. The summed E-state index contributed by atoms with van der Waals surface area (Å²) in [6.45, 7) is 5.50. The molecule has 12 heavy (non-hydrogen) atoms. The summed E-state index contributed by atoms with van der Waals surface area (Å²) in [6, 6.07) is 10.2. The summed E-state index contributed by atoms with van der Waals surface area (Å²) >= 11 is 0. The zero-order valence-corrected chi connectivity index (χ0v) is 6.70. The van der Waals surface area contributed by atoms with Gasteiger partial charge in [-0.25, -0.2) is 0 Å². The van der Waals surface area contributed by atoms with E-state index in [1.807, 2.05) is 18.2 Å². The summed E-state index contributed by atoms with van der Waals surface area (Å²) in [4.78, 5) is 4.21. The van der Waals surface area contributed by atoms with E-state index in [4.69, 9.17) is 0 Å². The van der Waals surface area contributed by atoms with Gasteiger partial charge in [-0.15, -0.1) is 0 Å². The summed E-state index contributed by atoms with van der Waals surface area (Å²) in [7, 11) is 0. The number of benzene rings is 1. The molecule has 0 saturated heterocycles. The Morgan fingerprint density at radius 3 is 2.83 bits per heavy atom. The van der Waals surface area contributed by atoms with Crippen LogP contribution in [-0.2, 0) is 0 Å². The van der Waals surface area contributed by atoms with Gasteiger partial charge >= 0.3 is 71.3 Å². The first-order valence-corrected chi connectivity index (χ1v) is 3.88. The van der Waals surface area contributed by atoms with Crippen LogP contribution in [0.5, 0.6) is 0 Å². The van der Waals surface area contributed by atoms with Crippen LogP contribution in [0.25, 0.3) is 10.8 Å². The van der Waals surface area contributed by atoms with Crippen molar-refractivity contribution in [2.45, 2.75) is 0 Å². The Hall–Kier alpha value is -1.44. The van der Waals surface area contributed by atoms with E-state index in [0.29, 0.717) is 0 Å². The fraction of sp³-hybridized carbons (Fsp3) is 0. The Balaban J connectivity index is 2.88. The molecule has 0 fully saturated rings. The second-order valence-corrected chi connectivity index (χ2v) is 2.62. The molecule has 1 nitrogen and oxygen atoms in total. The first-order valence-electron chi connectivity index (χ1n) is 3.88. The second kappa shape index (κ2) is 2.90. The number of pyridine rings is 1. The maximum atomic E-state index is 4.21. The van der Waals surface area contributed by atoms with Crippen molar-refractivity contribution >= 4 is 29.8 Å². The van der Waals surface area contributed by atoms with Crippen LogP contribution in [0.15, 0.2) is 36.5 Å². The molecule has 0 aliphatic heterocycles. The maximum absolute atomic E-state index is 4.21. The molecule has 1 aromatic carbocycles. The normalized spacial score (nSPS) is 9.67. The van der Waals surface area contributed by atoms with E-state index in [-0.39, 0.29) is 0 Å². The number of nitrogens with zero attached hydrogens (tertiary/aromatic N) is 1. The van der Waals surface area contributed by atoms with Crippen LogP contribution >= 0.6 is 0 Å². The molecule has 0 N–H and O–H groups in total. The van der Waals surface area contributed by atoms with Gasteiger partial charge in [0.2, 0.25) is 0 Å². The summed E-state index contributed by atoms with van der Waals surface area (Å²) < 4.78 is 0. The Labute approximate surface area is 72.0 Å². The molecule has 1 heterocycles. The molecular weight excluding hydrogens is 145 g/mol. The van der Waals surface area contributed by atoms with E-state index in [9.17, 15) is 0 Å². The van der Waals surface area contributed by atoms with Gasteiger partial charge in [-0.3, -0.25) is 0 Å². The van der Waals surface area contributed by atoms with Crippen LogP contribution in [0.2, 0.25) is 0 Å². The van der Waals surface area contributed by atoms with Gasteiger partial charge in [0.15, 0.2) is 0 Å². The molecule has 2 aromatic rings. The Kier molecular flexibility index (Phi) is 1.74. The van der Waals surface area contributed by atoms with Gasteiger partial charge in [0, 0.05) is 0 Å². The molecule has 56 valence electrons. The Morgan fingerprint density at radius 1 is 1.17 bits per heavy atom. The second-order valence-electron chi connectivity index (χ2n) is 2.62. The minimum atomic E-state index is 0.952. The molecule has 0 bridgehead atoms. The standard InChI is InChI=1S/C10H8BN/c1-11-10-9-5-3-2-4-8(9)6-7-12-10/h2-7H,1H2. The van der Waals surface area contributed by atoms with E-state index in [1.54, 1.807) is 13.1 Å². The first kappa shape index (κ1) is 7.23. The summed E-state index contributed by atoms with van der Waals surface area (Å²) in [5.41, 5.74) is 0.952. The van der Waals surface area contributed by atoms with Crippen molar-refractivity contribution in [3.8, 4) is 0 Å². The van der Waals surface area contributed by atoms with E-state index in [1.165, 1.54) is 5.39 Å². The van der Waals surface area contributed by atoms with Crippen LogP contribution in [0.4, 0.5) is 0 Å². The van der Waals surface area contributed by atoms with Crippen LogP contribution in [0.3, 0.4) is 0 Å². The summed E-state index contributed by atoms with van der Waals surface area (Å²) in [5.74, 6) is 0. The molecule has 1 aromatic heterocycles. The van der Waals surface area contributed by atoms with Gasteiger partial charge in [0.25, 0.3) is 0 Å². The third kappa shape index (κ3) is 1.05. The fourth-order valence-corrected chi connectivity index (χ4v) is 1.31. The molecule has 0 unspecified atom stereocenters. The molecule has 2 rings (SSSR count). The Bertz CT molecular complexity index is 418. The average molecular weight is 153 g/mol. The van der Waals surface area contributed by atoms with Crippen LogP contribution in [-0.4, -0.2) is 18.4 Å². The van der Waals surface area contributed by atoms with E-state index < -0.39 is 0 Å². The van der Waals surface area contributed by atoms with Gasteiger partial charge in [0.05, 0.1) is 0 Å². The van der Waals surface area contributed by atoms with Crippen LogP contribution in [0.1, 0.15) is 0 Å². The first-order chi connectivity index (χ1) is 5.92. The van der Waals surface area contributed by atoms with Gasteiger partial charge in [-0.05, 0) is 0 Å². The molecule has 0 radical (unpaired) electrons. The van der Waals surface area contributed by atoms with Crippen molar-refractivity contribution in [3.63, 3.8) is 0 Å². The topological polar surface area (TPSA) is 12.9 Å². The number of aromatic nitrogens is 1. The molecule has 0 spiro atoms. The van der Waals surface area contributed by atoms with Crippen molar-refractivity contribution in [1.82, 2.24) is 4.98 Å². The predicted octanol–water partition coefficient (Wildman–Crippen LogP) is 0.996. The van der Waals surface area contributed by atoms with Gasteiger partial charge in [-0.1, -0.05) is 0 Å². The van der Waals surface area contributed by atoms with Crippen molar-refractivity contribution in [3.05, 3.63) is 36.5 Å². The quantitative estimate of drug-likeness (QED) is 0.556. The number of rotatable bonds is 1. The third-order valence-electron chi connectivity index (χ3n) is 1.90. The van der Waals surface area contributed by atoms with Gasteiger partial charge in [0.1, 0.15) is 0 Å². The molecular formula is C10H8BN. The van der Waals surface area contributed by atoms with Crippen molar-refractivity contribution < 1.29 is 0 Å². The number of hydrogen-bond acceptors (Lipinski definition) is 1. The molecule has 0 aliphatic carbocycles. The molecule has 0 amide bonds. The van der Waals surface area contributed by atoms with E-state index in [0.717, 1.165) is 11.0 Å². The molecule has 0 aliphatic rings. The molecule has 0 atom stereocenters. The minimum absolute atomic E-state index is 0.952. The van der Waals surface area contributed by atoms with E-state index in [2.05, 4.69) is 23.6 Å². The van der Waals surface area contributed by atoms with Crippen molar-refractivity contribution in [1.29, 1.82) is 0 Å². The van der Waals surface area contributed by atoms with Crippen molar-refractivity contribution in [2.24, 2.45) is 0 Å². The fourth-order valence-electron chi connectivity index (χ4n) is 1.31. The van der Waals surface area contributed by atoms with Crippen LogP contribution < -0.4 is 5.59 Å². The van der Waals surface area contributed by atoms with Gasteiger partial charge in [-0.2, -0.15) is 0 Å². The molecule has 0 saturated carbocycles. The number of hydrogen-bond donors (Lipinski definition) is 0. The Morgan fingerprint density at radius 2 is 2.00 bits per heavy atom. The average Bonchev–Trinajstić information content (AvgIpc) is 2.17.